The second-order valence-corrected chi connectivity index (χ2v) is 5.12. The molecular formula is C13H24O4. The largest absolute Gasteiger partial charge is 0.463 e. The van der Waals surface area contributed by atoms with Crippen molar-refractivity contribution in [3.05, 3.63) is 0 Å². The fraction of sp³-hybridized carbons (Fsp3) is 0.846. The molecule has 0 N–H and O–H groups in total. The van der Waals surface area contributed by atoms with Gasteiger partial charge in [0.05, 0.1) is 0 Å². The molecule has 0 amide bonds. The van der Waals surface area contributed by atoms with Crippen LogP contribution >= 0.6 is 0 Å². The van der Waals surface area contributed by atoms with E-state index in [4.69, 9.17) is 9.47 Å². The molecule has 0 aromatic heterocycles. The lowest BCUT2D eigenvalue weighted by Crippen LogP contribution is -2.24. The molecule has 0 aliphatic carbocycles. The first-order valence-electron chi connectivity index (χ1n) is 6.13. The van der Waals surface area contributed by atoms with Crippen LogP contribution in [-0.4, -0.2) is 23.6 Å². The molecule has 0 radical (unpaired) electrons. The zero-order chi connectivity index (χ0) is 13.5. The summed E-state index contributed by atoms with van der Waals surface area (Å²) in [6.45, 7) is 8.90. The van der Waals surface area contributed by atoms with Gasteiger partial charge in [-0.2, -0.15) is 0 Å². The quantitative estimate of drug-likeness (QED) is 0.674. The zero-order valence-electron chi connectivity index (χ0n) is 11.5. The van der Waals surface area contributed by atoms with Crippen LogP contribution < -0.4 is 0 Å². The Morgan fingerprint density at radius 2 is 1.82 bits per heavy atom. The Balaban J connectivity index is 3.81. The molecule has 0 aromatic carbocycles. The van der Waals surface area contributed by atoms with Gasteiger partial charge in [-0.15, -0.1) is 0 Å². The maximum atomic E-state index is 11.4. The molecule has 0 fully saturated rings. The van der Waals surface area contributed by atoms with E-state index in [9.17, 15) is 9.59 Å². The average molecular weight is 244 g/mol. The van der Waals surface area contributed by atoms with E-state index in [0.717, 1.165) is 6.42 Å². The fourth-order valence-corrected chi connectivity index (χ4v) is 1.45. The van der Waals surface area contributed by atoms with E-state index in [0.29, 0.717) is 19.3 Å². The second kappa shape index (κ2) is 7.30. The van der Waals surface area contributed by atoms with Crippen LogP contribution in [-0.2, 0) is 19.1 Å². The van der Waals surface area contributed by atoms with Crippen LogP contribution in [0, 0.1) is 0 Å². The van der Waals surface area contributed by atoms with Crippen LogP contribution in [0.2, 0.25) is 0 Å². The van der Waals surface area contributed by atoms with Crippen molar-refractivity contribution in [3.63, 3.8) is 0 Å². The lowest BCUT2D eigenvalue weighted by molar-refractivity contribution is -0.155. The monoisotopic (exact) mass is 244 g/mol. The number of hydrogen-bond donors (Lipinski definition) is 0. The molecule has 0 spiro atoms. The van der Waals surface area contributed by atoms with Crippen LogP contribution in [0.1, 0.15) is 60.3 Å². The van der Waals surface area contributed by atoms with Crippen LogP contribution in [0.25, 0.3) is 0 Å². The summed E-state index contributed by atoms with van der Waals surface area (Å²) >= 11 is 0. The van der Waals surface area contributed by atoms with Crippen molar-refractivity contribution < 1.29 is 19.1 Å². The van der Waals surface area contributed by atoms with E-state index in [1.165, 1.54) is 6.92 Å². The van der Waals surface area contributed by atoms with E-state index >= 15 is 0 Å². The molecule has 1 atom stereocenters. The van der Waals surface area contributed by atoms with Crippen molar-refractivity contribution in [2.45, 2.75) is 72.0 Å². The molecule has 4 heteroatoms. The molecule has 0 saturated carbocycles. The molecule has 0 rings (SSSR count). The summed E-state index contributed by atoms with van der Waals surface area (Å²) in [5, 5.41) is 0. The van der Waals surface area contributed by atoms with Crippen LogP contribution in [0.5, 0.6) is 0 Å². The van der Waals surface area contributed by atoms with Crippen LogP contribution in [0.15, 0.2) is 0 Å². The highest BCUT2D eigenvalue weighted by atomic mass is 16.6. The maximum absolute atomic E-state index is 11.4. The van der Waals surface area contributed by atoms with Gasteiger partial charge in [0.15, 0.2) is 0 Å². The van der Waals surface area contributed by atoms with Crippen molar-refractivity contribution in [3.8, 4) is 0 Å². The van der Waals surface area contributed by atoms with Crippen molar-refractivity contribution in [1.82, 2.24) is 0 Å². The normalized spacial score (nSPS) is 13.0. The molecule has 0 aliphatic rings. The first kappa shape index (κ1) is 15.9. The van der Waals surface area contributed by atoms with Crippen molar-refractivity contribution in [2.75, 3.05) is 0 Å². The van der Waals surface area contributed by atoms with Gasteiger partial charge in [0, 0.05) is 13.3 Å². The molecule has 17 heavy (non-hydrogen) atoms. The number of rotatable bonds is 6. The molecule has 4 nitrogen and oxygen atoms in total. The Hall–Kier alpha value is -1.06. The molecule has 100 valence electrons. The van der Waals surface area contributed by atoms with E-state index in [1.54, 1.807) is 0 Å². The minimum atomic E-state index is -0.433. The van der Waals surface area contributed by atoms with Gasteiger partial charge in [-0.1, -0.05) is 6.92 Å². The van der Waals surface area contributed by atoms with Gasteiger partial charge in [0.1, 0.15) is 11.7 Å². The molecule has 0 bridgehead atoms. The number of carbonyl (C=O) groups is 2. The maximum Gasteiger partial charge on any atom is 0.306 e. The summed E-state index contributed by atoms with van der Waals surface area (Å²) in [6, 6.07) is 0. The van der Waals surface area contributed by atoms with Gasteiger partial charge in [-0.25, -0.2) is 0 Å². The fourth-order valence-electron chi connectivity index (χ4n) is 1.45. The van der Waals surface area contributed by atoms with Gasteiger partial charge in [0.25, 0.3) is 0 Å². The van der Waals surface area contributed by atoms with Crippen LogP contribution in [0.4, 0.5) is 0 Å². The van der Waals surface area contributed by atoms with E-state index in [-0.39, 0.29) is 18.0 Å². The Kier molecular flexibility index (Phi) is 6.85. The van der Waals surface area contributed by atoms with Gasteiger partial charge >= 0.3 is 11.9 Å². The first-order chi connectivity index (χ1) is 7.74. The zero-order valence-corrected chi connectivity index (χ0v) is 11.5. The minimum Gasteiger partial charge on any atom is -0.463 e. The predicted molar refractivity (Wildman–Crippen MR) is 65.5 cm³/mol. The lowest BCUT2D eigenvalue weighted by Gasteiger charge is -2.20. The van der Waals surface area contributed by atoms with Crippen LogP contribution in [0.3, 0.4) is 0 Å². The third-order valence-electron chi connectivity index (χ3n) is 2.11. The van der Waals surface area contributed by atoms with E-state index in [2.05, 4.69) is 0 Å². The van der Waals surface area contributed by atoms with E-state index < -0.39 is 5.60 Å². The Morgan fingerprint density at radius 3 is 2.24 bits per heavy atom. The highest BCUT2D eigenvalue weighted by Crippen LogP contribution is 2.13. The summed E-state index contributed by atoms with van der Waals surface area (Å²) in [5.74, 6) is -0.468. The number of carbonyl (C=O) groups excluding carboxylic acids is 2. The SMILES string of the molecule is CCC(CCCC(=O)OC(C)(C)C)OC(C)=O. The Morgan fingerprint density at radius 1 is 1.24 bits per heavy atom. The Bertz CT molecular complexity index is 253. The molecule has 0 heterocycles. The molecule has 0 aromatic rings. The molecule has 0 saturated heterocycles. The molecule has 0 aliphatic heterocycles. The third-order valence-corrected chi connectivity index (χ3v) is 2.11. The highest BCUT2D eigenvalue weighted by molar-refractivity contribution is 5.69. The summed E-state index contributed by atoms with van der Waals surface area (Å²) in [4.78, 5) is 22.2. The third kappa shape index (κ3) is 9.85. The van der Waals surface area contributed by atoms with Gasteiger partial charge in [-0.05, 0) is 40.0 Å². The summed E-state index contributed by atoms with van der Waals surface area (Å²) < 4.78 is 10.3. The standard InChI is InChI=1S/C13H24O4/c1-6-11(16-10(2)14)8-7-9-12(15)17-13(3,4)5/h11H,6-9H2,1-5H3. The number of ether oxygens (including phenoxy) is 2. The van der Waals surface area contributed by atoms with Gasteiger partial charge in [0.2, 0.25) is 0 Å². The van der Waals surface area contributed by atoms with Gasteiger partial charge in [-0.3, -0.25) is 9.59 Å². The average Bonchev–Trinajstić information content (AvgIpc) is 2.12. The van der Waals surface area contributed by atoms with Gasteiger partial charge < -0.3 is 9.47 Å². The first-order valence-corrected chi connectivity index (χ1v) is 6.13. The molecule has 1 unspecified atom stereocenters. The summed E-state index contributed by atoms with van der Waals surface area (Å²) in [5.41, 5.74) is -0.433. The minimum absolute atomic E-state index is 0.0880. The smallest absolute Gasteiger partial charge is 0.306 e. The summed E-state index contributed by atoms with van der Waals surface area (Å²) in [7, 11) is 0. The Labute approximate surface area is 104 Å². The number of esters is 2. The highest BCUT2D eigenvalue weighted by Gasteiger charge is 2.16. The van der Waals surface area contributed by atoms with E-state index in [1.807, 2.05) is 27.7 Å². The number of hydrogen-bond acceptors (Lipinski definition) is 4. The topological polar surface area (TPSA) is 52.6 Å². The lowest BCUT2D eigenvalue weighted by atomic mass is 10.1. The van der Waals surface area contributed by atoms with Crippen molar-refractivity contribution >= 4 is 11.9 Å². The molecular weight excluding hydrogens is 220 g/mol. The van der Waals surface area contributed by atoms with Crippen molar-refractivity contribution in [1.29, 1.82) is 0 Å². The summed E-state index contributed by atoms with van der Waals surface area (Å²) in [6.07, 6.45) is 2.44. The second-order valence-electron chi connectivity index (χ2n) is 5.12. The van der Waals surface area contributed by atoms with Crippen molar-refractivity contribution in [2.24, 2.45) is 0 Å². The predicted octanol–water partition coefficient (Wildman–Crippen LogP) is 2.84.